The molecule has 1 fully saturated rings. The Morgan fingerprint density at radius 3 is 2.78 bits per heavy atom. The molecule has 1 saturated heterocycles. The van der Waals surface area contributed by atoms with Gasteiger partial charge >= 0.3 is 0 Å². The minimum Gasteiger partial charge on any atom is -0.334 e. The Kier molecular flexibility index (Phi) is 4.66. The largest absolute Gasteiger partial charge is 0.334 e. The van der Waals surface area contributed by atoms with Crippen LogP contribution in [0.25, 0.3) is 0 Å². The standard InChI is InChI=1S/C14H20N2OS/c1-11-10-18-9-8-16(11)14(17)13-4-2-12(3-5-13)6-7-15/h2-5,11H,6-10,15H2,1H3. The summed E-state index contributed by atoms with van der Waals surface area (Å²) in [6.45, 7) is 3.62. The number of hydrogen-bond donors (Lipinski definition) is 1. The van der Waals surface area contributed by atoms with E-state index in [0.717, 1.165) is 30.0 Å². The summed E-state index contributed by atoms with van der Waals surface area (Å²) in [4.78, 5) is 14.4. The minimum absolute atomic E-state index is 0.155. The van der Waals surface area contributed by atoms with E-state index in [4.69, 9.17) is 5.73 Å². The zero-order valence-electron chi connectivity index (χ0n) is 10.8. The molecule has 1 amide bonds. The lowest BCUT2D eigenvalue weighted by molar-refractivity contribution is 0.0716. The van der Waals surface area contributed by atoms with Crippen LogP contribution in [-0.2, 0) is 6.42 Å². The lowest BCUT2D eigenvalue weighted by atomic mass is 10.1. The van der Waals surface area contributed by atoms with Gasteiger partial charge in [-0.1, -0.05) is 12.1 Å². The van der Waals surface area contributed by atoms with Crippen LogP contribution in [0.4, 0.5) is 0 Å². The zero-order valence-corrected chi connectivity index (χ0v) is 11.6. The molecule has 1 atom stereocenters. The molecule has 18 heavy (non-hydrogen) atoms. The number of carbonyl (C=O) groups excluding carboxylic acids is 1. The van der Waals surface area contributed by atoms with Crippen molar-refractivity contribution in [3.8, 4) is 0 Å². The van der Waals surface area contributed by atoms with Crippen molar-refractivity contribution in [2.24, 2.45) is 5.73 Å². The predicted octanol–water partition coefficient (Wildman–Crippen LogP) is 1.77. The van der Waals surface area contributed by atoms with Gasteiger partial charge in [0.15, 0.2) is 0 Å². The number of hydrogen-bond acceptors (Lipinski definition) is 3. The van der Waals surface area contributed by atoms with E-state index in [9.17, 15) is 4.79 Å². The molecule has 2 N–H and O–H groups in total. The van der Waals surface area contributed by atoms with Gasteiger partial charge < -0.3 is 10.6 Å². The van der Waals surface area contributed by atoms with Gasteiger partial charge in [0.05, 0.1) is 0 Å². The number of thioether (sulfide) groups is 1. The lowest BCUT2D eigenvalue weighted by Crippen LogP contribution is -2.44. The van der Waals surface area contributed by atoms with Crippen LogP contribution < -0.4 is 5.73 Å². The first-order valence-electron chi connectivity index (χ1n) is 6.40. The Labute approximate surface area is 113 Å². The van der Waals surface area contributed by atoms with E-state index in [1.807, 2.05) is 40.9 Å². The topological polar surface area (TPSA) is 46.3 Å². The third-order valence-corrected chi connectivity index (χ3v) is 4.45. The molecular weight excluding hydrogens is 244 g/mol. The summed E-state index contributed by atoms with van der Waals surface area (Å²) in [5.74, 6) is 2.24. The van der Waals surface area contributed by atoms with Gasteiger partial charge in [0.25, 0.3) is 5.91 Å². The maximum Gasteiger partial charge on any atom is 0.254 e. The van der Waals surface area contributed by atoms with Gasteiger partial charge in [0.2, 0.25) is 0 Å². The zero-order chi connectivity index (χ0) is 13.0. The van der Waals surface area contributed by atoms with E-state index in [0.29, 0.717) is 12.6 Å². The van der Waals surface area contributed by atoms with E-state index < -0.39 is 0 Å². The minimum atomic E-state index is 0.155. The molecule has 0 saturated carbocycles. The number of nitrogens with two attached hydrogens (primary N) is 1. The normalized spacial score (nSPS) is 19.9. The first kappa shape index (κ1) is 13.4. The van der Waals surface area contributed by atoms with E-state index in [1.54, 1.807) is 0 Å². The maximum absolute atomic E-state index is 12.4. The molecule has 0 bridgehead atoms. The first-order valence-corrected chi connectivity index (χ1v) is 7.55. The Hall–Kier alpha value is -1.00. The lowest BCUT2D eigenvalue weighted by Gasteiger charge is -2.33. The Morgan fingerprint density at radius 1 is 1.44 bits per heavy atom. The van der Waals surface area contributed by atoms with Crippen LogP contribution >= 0.6 is 11.8 Å². The van der Waals surface area contributed by atoms with Gasteiger partial charge in [-0.05, 0) is 37.6 Å². The van der Waals surface area contributed by atoms with Crippen molar-refractivity contribution in [1.82, 2.24) is 4.90 Å². The van der Waals surface area contributed by atoms with Crippen LogP contribution in [0.3, 0.4) is 0 Å². The molecule has 98 valence electrons. The Balaban J connectivity index is 2.08. The van der Waals surface area contributed by atoms with Crippen LogP contribution in [0.5, 0.6) is 0 Å². The van der Waals surface area contributed by atoms with Crippen LogP contribution in [0.2, 0.25) is 0 Å². The smallest absolute Gasteiger partial charge is 0.254 e. The highest BCUT2D eigenvalue weighted by Gasteiger charge is 2.24. The van der Waals surface area contributed by atoms with E-state index >= 15 is 0 Å². The Morgan fingerprint density at radius 2 is 2.17 bits per heavy atom. The summed E-state index contributed by atoms with van der Waals surface area (Å²) in [6.07, 6.45) is 0.866. The van der Waals surface area contributed by atoms with Gasteiger partial charge in [-0.3, -0.25) is 4.79 Å². The highest BCUT2D eigenvalue weighted by molar-refractivity contribution is 7.99. The molecule has 2 rings (SSSR count). The average molecular weight is 264 g/mol. The van der Waals surface area contributed by atoms with E-state index in [2.05, 4.69) is 6.92 Å². The molecule has 1 aliphatic rings. The fourth-order valence-corrected chi connectivity index (χ4v) is 3.19. The summed E-state index contributed by atoms with van der Waals surface area (Å²) in [7, 11) is 0. The van der Waals surface area contributed by atoms with Crippen LogP contribution in [0, 0.1) is 0 Å². The van der Waals surface area contributed by atoms with Crippen molar-refractivity contribution >= 4 is 17.7 Å². The highest BCUT2D eigenvalue weighted by atomic mass is 32.2. The molecule has 1 aliphatic heterocycles. The Bertz CT molecular complexity index is 405. The van der Waals surface area contributed by atoms with Crippen molar-refractivity contribution in [2.45, 2.75) is 19.4 Å². The van der Waals surface area contributed by atoms with Crippen molar-refractivity contribution in [2.75, 3.05) is 24.6 Å². The average Bonchev–Trinajstić information content (AvgIpc) is 2.40. The van der Waals surface area contributed by atoms with Crippen LogP contribution in [0.1, 0.15) is 22.8 Å². The monoisotopic (exact) mass is 264 g/mol. The van der Waals surface area contributed by atoms with Crippen molar-refractivity contribution in [1.29, 1.82) is 0 Å². The molecule has 1 heterocycles. The maximum atomic E-state index is 12.4. The molecule has 3 nitrogen and oxygen atoms in total. The molecule has 0 aliphatic carbocycles. The number of carbonyl (C=O) groups is 1. The molecule has 0 spiro atoms. The first-order chi connectivity index (χ1) is 8.72. The number of benzene rings is 1. The molecule has 0 radical (unpaired) electrons. The van der Waals surface area contributed by atoms with Crippen molar-refractivity contribution in [3.63, 3.8) is 0 Å². The summed E-state index contributed by atoms with van der Waals surface area (Å²) in [5.41, 5.74) is 7.49. The molecule has 1 unspecified atom stereocenters. The highest BCUT2D eigenvalue weighted by Crippen LogP contribution is 2.18. The quantitative estimate of drug-likeness (QED) is 0.905. The van der Waals surface area contributed by atoms with Crippen LogP contribution in [-0.4, -0.2) is 41.4 Å². The molecule has 4 heteroatoms. The summed E-state index contributed by atoms with van der Waals surface area (Å²) >= 11 is 1.92. The van der Waals surface area contributed by atoms with E-state index in [-0.39, 0.29) is 5.91 Å². The molecule has 1 aromatic rings. The van der Waals surface area contributed by atoms with Gasteiger partial charge in [-0.25, -0.2) is 0 Å². The second-order valence-corrected chi connectivity index (χ2v) is 5.81. The van der Waals surface area contributed by atoms with Gasteiger partial charge in [-0.15, -0.1) is 0 Å². The fraction of sp³-hybridized carbons (Fsp3) is 0.500. The number of rotatable bonds is 3. The molecular formula is C14H20N2OS. The summed E-state index contributed by atoms with van der Waals surface area (Å²) in [6, 6.07) is 8.18. The van der Waals surface area contributed by atoms with Gasteiger partial charge in [0, 0.05) is 29.7 Å². The van der Waals surface area contributed by atoms with E-state index in [1.165, 1.54) is 5.56 Å². The number of amides is 1. The molecule has 0 aromatic heterocycles. The van der Waals surface area contributed by atoms with Gasteiger partial charge in [-0.2, -0.15) is 11.8 Å². The predicted molar refractivity (Wildman–Crippen MR) is 77.0 cm³/mol. The van der Waals surface area contributed by atoms with Crippen molar-refractivity contribution < 1.29 is 4.79 Å². The van der Waals surface area contributed by atoms with Crippen LogP contribution in [0.15, 0.2) is 24.3 Å². The summed E-state index contributed by atoms with van der Waals surface area (Å²) in [5, 5.41) is 0. The molecule has 1 aromatic carbocycles. The second kappa shape index (κ2) is 6.25. The fourth-order valence-electron chi connectivity index (χ4n) is 2.18. The number of nitrogens with zero attached hydrogens (tertiary/aromatic N) is 1. The summed E-state index contributed by atoms with van der Waals surface area (Å²) < 4.78 is 0. The third kappa shape index (κ3) is 3.06. The second-order valence-electron chi connectivity index (χ2n) is 4.66. The third-order valence-electron chi connectivity index (χ3n) is 3.26. The van der Waals surface area contributed by atoms with Gasteiger partial charge in [0.1, 0.15) is 0 Å². The SMILES string of the molecule is CC1CSCCN1C(=O)c1ccc(CCN)cc1. The van der Waals surface area contributed by atoms with Crippen molar-refractivity contribution in [3.05, 3.63) is 35.4 Å².